The number of anilines is 1. The normalized spacial score (nSPS) is 18.6. The third-order valence-corrected chi connectivity index (χ3v) is 8.08. The zero-order valence-electron chi connectivity index (χ0n) is 18.0. The number of hydrogen-bond acceptors (Lipinski definition) is 7. The number of halogens is 1. The first-order valence-electron chi connectivity index (χ1n) is 10.8. The van der Waals surface area contributed by atoms with Crippen LogP contribution in [0, 0.1) is 0 Å². The SMILES string of the molecule is O=C1C(=O)N(Cc2nnnn2Cc2ccccc2)c2ccc(S(=O)(=O)N3CCC[C@H]3CF)cc21. The van der Waals surface area contributed by atoms with Crippen molar-refractivity contribution in [3.05, 3.63) is 65.5 Å². The standard InChI is InChI=1S/C22H21FN6O4S/c23-12-16-7-4-10-29(16)34(32,33)17-8-9-19-18(11-17)21(30)22(31)27(19)14-20-24-25-26-28(20)13-15-5-2-1-3-6-15/h1-3,5-6,8-9,11,16H,4,7,10,12-14H2/t16-/m0/s1. The van der Waals surface area contributed by atoms with Gasteiger partial charge < -0.3 is 0 Å². The highest BCUT2D eigenvalue weighted by Gasteiger charge is 2.40. The largest absolute Gasteiger partial charge is 0.299 e. The molecule has 0 aliphatic carbocycles. The van der Waals surface area contributed by atoms with Gasteiger partial charge >= 0.3 is 0 Å². The van der Waals surface area contributed by atoms with Gasteiger partial charge in [-0.15, -0.1) is 5.10 Å². The van der Waals surface area contributed by atoms with Crippen LogP contribution in [0.2, 0.25) is 0 Å². The van der Waals surface area contributed by atoms with Crippen LogP contribution in [-0.2, 0) is 27.9 Å². The van der Waals surface area contributed by atoms with Gasteiger partial charge in [-0.05, 0) is 47.0 Å². The van der Waals surface area contributed by atoms with Crippen molar-refractivity contribution < 1.29 is 22.4 Å². The molecule has 0 unspecified atom stereocenters. The maximum atomic E-state index is 13.3. The first kappa shape index (κ1) is 22.3. The lowest BCUT2D eigenvalue weighted by Gasteiger charge is -2.22. The van der Waals surface area contributed by atoms with E-state index in [4.69, 9.17) is 0 Å². The number of benzene rings is 2. The Morgan fingerprint density at radius 1 is 1.06 bits per heavy atom. The number of hydrogen-bond donors (Lipinski definition) is 0. The van der Waals surface area contributed by atoms with Crippen molar-refractivity contribution in [2.75, 3.05) is 18.1 Å². The van der Waals surface area contributed by atoms with E-state index in [1.165, 1.54) is 27.8 Å². The zero-order valence-corrected chi connectivity index (χ0v) is 18.9. The Kier molecular flexibility index (Phi) is 5.70. The molecule has 1 aromatic heterocycles. The Labute approximate surface area is 195 Å². The van der Waals surface area contributed by atoms with Crippen molar-refractivity contribution in [3.8, 4) is 0 Å². The van der Waals surface area contributed by atoms with Crippen LogP contribution in [0.3, 0.4) is 0 Å². The summed E-state index contributed by atoms with van der Waals surface area (Å²) in [5.74, 6) is -1.23. The fourth-order valence-electron chi connectivity index (χ4n) is 4.37. The number of rotatable bonds is 7. The first-order chi connectivity index (χ1) is 16.4. The van der Waals surface area contributed by atoms with Crippen molar-refractivity contribution in [2.45, 2.75) is 36.9 Å². The van der Waals surface area contributed by atoms with Gasteiger partial charge in [0.15, 0.2) is 5.82 Å². The van der Waals surface area contributed by atoms with Gasteiger partial charge in [0.1, 0.15) is 6.67 Å². The lowest BCUT2D eigenvalue weighted by molar-refractivity contribution is -0.114. The van der Waals surface area contributed by atoms with Crippen LogP contribution in [0.4, 0.5) is 10.1 Å². The van der Waals surface area contributed by atoms with Gasteiger partial charge in [0.05, 0.1) is 35.3 Å². The van der Waals surface area contributed by atoms with Crippen LogP contribution >= 0.6 is 0 Å². The molecule has 0 spiro atoms. The number of carbonyl (C=O) groups excluding carboxylic acids is 2. The minimum Gasteiger partial charge on any atom is -0.297 e. The summed E-state index contributed by atoms with van der Waals surface area (Å²) in [4.78, 5) is 26.6. The summed E-state index contributed by atoms with van der Waals surface area (Å²) in [5.41, 5.74) is 1.24. The molecule has 0 radical (unpaired) electrons. The quantitative estimate of drug-likeness (QED) is 0.467. The van der Waals surface area contributed by atoms with Crippen LogP contribution in [-0.4, -0.2) is 63.9 Å². The molecular formula is C22H21FN6O4S. The summed E-state index contributed by atoms with van der Waals surface area (Å²) in [5, 5.41) is 11.7. The van der Waals surface area contributed by atoms with Crippen molar-refractivity contribution in [1.82, 2.24) is 24.5 Å². The zero-order chi connectivity index (χ0) is 23.9. The number of alkyl halides is 1. The molecule has 10 nitrogen and oxygen atoms in total. The number of fused-ring (bicyclic) bond motifs is 1. The van der Waals surface area contributed by atoms with Crippen LogP contribution in [0.1, 0.15) is 34.6 Å². The van der Waals surface area contributed by atoms with E-state index < -0.39 is 34.4 Å². The van der Waals surface area contributed by atoms with Crippen LogP contribution in [0.5, 0.6) is 0 Å². The minimum atomic E-state index is -4.00. The van der Waals surface area contributed by atoms with E-state index in [2.05, 4.69) is 15.5 Å². The van der Waals surface area contributed by atoms with Gasteiger partial charge in [0, 0.05) is 6.54 Å². The molecule has 1 atom stereocenters. The first-order valence-corrected chi connectivity index (χ1v) is 12.2. The molecular weight excluding hydrogens is 463 g/mol. The molecule has 34 heavy (non-hydrogen) atoms. The highest BCUT2D eigenvalue weighted by atomic mass is 32.2. The van der Waals surface area contributed by atoms with Gasteiger partial charge in [-0.25, -0.2) is 17.5 Å². The molecule has 12 heteroatoms. The molecule has 2 aliphatic heterocycles. The molecule has 3 heterocycles. The average molecular weight is 485 g/mol. The Balaban J connectivity index is 1.43. The third kappa shape index (κ3) is 3.78. The second-order valence-electron chi connectivity index (χ2n) is 8.20. The molecule has 176 valence electrons. The molecule has 0 saturated carbocycles. The monoisotopic (exact) mass is 484 g/mol. The Hall–Kier alpha value is -3.51. The summed E-state index contributed by atoms with van der Waals surface area (Å²) in [6, 6.07) is 12.8. The number of carbonyl (C=O) groups is 2. The topological polar surface area (TPSA) is 118 Å². The van der Waals surface area contributed by atoms with Gasteiger partial charge in [-0.3, -0.25) is 14.5 Å². The molecule has 0 bridgehead atoms. The average Bonchev–Trinajstić information content (AvgIpc) is 3.56. The molecule has 5 rings (SSSR count). The number of sulfonamides is 1. The minimum absolute atomic E-state index is 0.0100. The van der Waals surface area contributed by atoms with Gasteiger partial charge in [-0.1, -0.05) is 30.3 Å². The summed E-state index contributed by atoms with van der Waals surface area (Å²) < 4.78 is 42.1. The van der Waals surface area contributed by atoms with E-state index >= 15 is 0 Å². The number of nitrogens with zero attached hydrogens (tertiary/aromatic N) is 6. The lowest BCUT2D eigenvalue weighted by atomic mass is 10.1. The smallest absolute Gasteiger partial charge is 0.297 e. The van der Waals surface area contributed by atoms with Crippen molar-refractivity contribution in [2.24, 2.45) is 0 Å². The van der Waals surface area contributed by atoms with Crippen LogP contribution < -0.4 is 4.90 Å². The summed E-state index contributed by atoms with van der Waals surface area (Å²) in [7, 11) is -4.00. The summed E-state index contributed by atoms with van der Waals surface area (Å²) in [6.45, 7) is -0.224. The maximum Gasteiger partial charge on any atom is 0.299 e. The van der Waals surface area contributed by atoms with E-state index in [9.17, 15) is 22.4 Å². The molecule has 3 aromatic rings. The fourth-order valence-corrected chi connectivity index (χ4v) is 6.07. The second-order valence-corrected chi connectivity index (χ2v) is 10.1. The summed E-state index contributed by atoms with van der Waals surface area (Å²) in [6.07, 6.45) is 1.02. The lowest BCUT2D eigenvalue weighted by Crippen LogP contribution is -2.36. The van der Waals surface area contributed by atoms with E-state index in [1.807, 2.05) is 30.3 Å². The van der Waals surface area contributed by atoms with Crippen molar-refractivity contribution >= 4 is 27.4 Å². The third-order valence-electron chi connectivity index (χ3n) is 6.13. The predicted octanol–water partition coefficient (Wildman–Crippen LogP) is 1.57. The van der Waals surface area contributed by atoms with Gasteiger partial charge in [-0.2, -0.15) is 4.31 Å². The van der Waals surface area contributed by atoms with Crippen LogP contribution in [0.25, 0.3) is 0 Å². The number of aromatic nitrogens is 4. The fraction of sp³-hybridized carbons (Fsp3) is 0.318. The van der Waals surface area contributed by atoms with E-state index in [0.717, 1.165) is 9.87 Å². The number of amides is 1. The van der Waals surface area contributed by atoms with Crippen LogP contribution in [0.15, 0.2) is 53.4 Å². The van der Waals surface area contributed by atoms with Crippen molar-refractivity contribution in [3.63, 3.8) is 0 Å². The molecule has 1 amide bonds. The molecule has 1 fully saturated rings. The number of Topliss-reactive ketones (excluding diaryl/α,β-unsaturated/α-hetero) is 1. The van der Waals surface area contributed by atoms with E-state index in [-0.39, 0.29) is 29.2 Å². The Bertz CT molecular complexity index is 1360. The number of ketones is 1. The molecule has 2 aliphatic rings. The highest BCUT2D eigenvalue weighted by molar-refractivity contribution is 7.89. The second kappa shape index (κ2) is 8.69. The molecule has 0 N–H and O–H groups in total. The van der Waals surface area contributed by atoms with E-state index in [1.54, 1.807) is 0 Å². The molecule has 2 aromatic carbocycles. The van der Waals surface area contributed by atoms with Gasteiger partial charge in [0.2, 0.25) is 10.0 Å². The number of tetrazole rings is 1. The predicted molar refractivity (Wildman–Crippen MR) is 118 cm³/mol. The van der Waals surface area contributed by atoms with Crippen molar-refractivity contribution in [1.29, 1.82) is 0 Å². The molecule has 1 saturated heterocycles. The Morgan fingerprint density at radius 2 is 1.85 bits per heavy atom. The summed E-state index contributed by atoms with van der Waals surface area (Å²) >= 11 is 0. The van der Waals surface area contributed by atoms with E-state index in [0.29, 0.717) is 25.2 Å². The van der Waals surface area contributed by atoms with Gasteiger partial charge in [0.25, 0.3) is 11.7 Å². The maximum absolute atomic E-state index is 13.3. The highest BCUT2D eigenvalue weighted by Crippen LogP contribution is 2.34. The Morgan fingerprint density at radius 3 is 2.62 bits per heavy atom.